The van der Waals surface area contributed by atoms with E-state index in [2.05, 4.69) is 15.3 Å². The van der Waals surface area contributed by atoms with Crippen molar-refractivity contribution in [1.82, 2.24) is 4.98 Å². The number of aliphatic hydroxyl groups is 1. The van der Waals surface area contributed by atoms with Crippen molar-refractivity contribution in [3.05, 3.63) is 94.0 Å². The average molecular weight is 438 g/mol. The minimum Gasteiger partial charge on any atom is -0.436 e. The van der Waals surface area contributed by atoms with E-state index in [1.165, 1.54) is 30.5 Å². The number of aryl methyl sites for hydroxylation is 1. The molecular weight excluding hydrogens is 421 g/mol. The van der Waals surface area contributed by atoms with Gasteiger partial charge in [-0.05, 0) is 49.4 Å². The van der Waals surface area contributed by atoms with Gasteiger partial charge >= 0.3 is 0 Å². The van der Waals surface area contributed by atoms with E-state index in [-0.39, 0.29) is 17.7 Å². The highest BCUT2D eigenvalue weighted by Gasteiger charge is 2.17. The standard InChI is InChI=1S/C23H17ClFN3O3/c1-13-21-17(14(12-29)11-26-13)10-18(22(30)28-20-5-3-2-4-19(20)24)23(31-21)27-16-8-6-15(25)7-9-16/h2-11,29H,12H2,1H3,(H,28,30). The molecule has 0 aliphatic rings. The molecule has 2 aromatic carbocycles. The Balaban J connectivity index is 1.93. The number of nitrogens with zero attached hydrogens (tertiary/aromatic N) is 2. The largest absolute Gasteiger partial charge is 0.436 e. The van der Waals surface area contributed by atoms with Crippen LogP contribution in [-0.4, -0.2) is 16.0 Å². The van der Waals surface area contributed by atoms with E-state index in [1.54, 1.807) is 37.3 Å². The quantitative estimate of drug-likeness (QED) is 0.475. The van der Waals surface area contributed by atoms with Gasteiger partial charge in [0, 0.05) is 17.1 Å². The highest BCUT2D eigenvalue weighted by atomic mass is 35.5. The Morgan fingerprint density at radius 3 is 2.68 bits per heavy atom. The summed E-state index contributed by atoms with van der Waals surface area (Å²) in [6, 6.07) is 13.9. The van der Waals surface area contributed by atoms with Crippen LogP contribution in [-0.2, 0) is 6.61 Å². The first-order valence-corrected chi connectivity index (χ1v) is 9.73. The highest BCUT2D eigenvalue weighted by Crippen LogP contribution is 2.24. The van der Waals surface area contributed by atoms with Gasteiger partial charge in [-0.1, -0.05) is 23.7 Å². The molecule has 8 heteroatoms. The zero-order valence-corrected chi connectivity index (χ0v) is 17.2. The van der Waals surface area contributed by atoms with E-state index in [9.17, 15) is 14.3 Å². The normalized spacial score (nSPS) is 11.7. The number of anilines is 1. The minimum atomic E-state index is -0.502. The molecule has 0 atom stereocenters. The third kappa shape index (κ3) is 4.33. The van der Waals surface area contributed by atoms with Gasteiger partial charge in [0.05, 0.1) is 28.7 Å². The molecule has 1 amide bonds. The van der Waals surface area contributed by atoms with Gasteiger partial charge in [-0.3, -0.25) is 9.78 Å². The molecule has 31 heavy (non-hydrogen) atoms. The van der Waals surface area contributed by atoms with Gasteiger partial charge in [-0.25, -0.2) is 9.38 Å². The summed E-state index contributed by atoms with van der Waals surface area (Å²) in [5.41, 5.74) is 2.43. The number of hydrogen-bond donors (Lipinski definition) is 2. The van der Waals surface area contributed by atoms with Crippen LogP contribution in [0, 0.1) is 12.7 Å². The summed E-state index contributed by atoms with van der Waals surface area (Å²) >= 11 is 6.17. The maximum atomic E-state index is 13.3. The lowest BCUT2D eigenvalue weighted by atomic mass is 10.1. The van der Waals surface area contributed by atoms with Gasteiger partial charge in [0.15, 0.2) is 5.58 Å². The Hall–Kier alpha value is -3.55. The van der Waals surface area contributed by atoms with Gasteiger partial charge in [0.25, 0.3) is 5.91 Å². The second-order valence-corrected chi connectivity index (χ2v) is 7.16. The fourth-order valence-corrected chi connectivity index (χ4v) is 3.23. The number of benzene rings is 2. The third-order valence-electron chi connectivity index (χ3n) is 4.65. The number of pyridine rings is 1. The molecule has 4 rings (SSSR count). The maximum Gasteiger partial charge on any atom is 0.261 e. The van der Waals surface area contributed by atoms with Gasteiger partial charge < -0.3 is 14.8 Å². The molecule has 2 aromatic heterocycles. The number of hydrogen-bond acceptors (Lipinski definition) is 5. The summed E-state index contributed by atoms with van der Waals surface area (Å²) < 4.78 is 19.2. The molecule has 0 saturated heterocycles. The van der Waals surface area contributed by atoms with Crippen LogP contribution in [0.2, 0.25) is 5.02 Å². The molecule has 6 nitrogen and oxygen atoms in total. The van der Waals surface area contributed by atoms with Crippen molar-refractivity contribution in [3.63, 3.8) is 0 Å². The predicted octanol–water partition coefficient (Wildman–Crippen LogP) is 4.91. The first-order chi connectivity index (χ1) is 15.0. The van der Waals surface area contributed by atoms with E-state index < -0.39 is 11.7 Å². The van der Waals surface area contributed by atoms with Gasteiger partial charge in [0.1, 0.15) is 11.4 Å². The van der Waals surface area contributed by atoms with Gasteiger partial charge in [-0.2, -0.15) is 0 Å². The summed E-state index contributed by atoms with van der Waals surface area (Å²) in [4.78, 5) is 21.8. The van der Waals surface area contributed by atoms with Crippen LogP contribution in [0.25, 0.3) is 11.0 Å². The molecule has 0 saturated carbocycles. The number of nitrogens with one attached hydrogen (secondary N) is 1. The number of carbonyl (C=O) groups is 1. The summed E-state index contributed by atoms with van der Waals surface area (Å²) in [5, 5.41) is 13.4. The van der Waals surface area contributed by atoms with Crippen molar-refractivity contribution in [2.45, 2.75) is 13.5 Å². The maximum absolute atomic E-state index is 13.3. The number of aromatic nitrogens is 1. The molecule has 4 aromatic rings. The van der Waals surface area contributed by atoms with E-state index in [4.69, 9.17) is 16.0 Å². The van der Waals surface area contributed by atoms with Crippen molar-refractivity contribution in [3.8, 4) is 0 Å². The Bertz CT molecular complexity index is 1350. The molecule has 0 radical (unpaired) electrons. The van der Waals surface area contributed by atoms with Crippen molar-refractivity contribution in [1.29, 1.82) is 0 Å². The van der Waals surface area contributed by atoms with Gasteiger partial charge in [-0.15, -0.1) is 0 Å². The monoisotopic (exact) mass is 437 g/mol. The Labute approximate surface area is 181 Å². The Morgan fingerprint density at radius 2 is 1.97 bits per heavy atom. The molecule has 0 unspecified atom stereocenters. The van der Waals surface area contributed by atoms with Crippen LogP contribution in [0.1, 0.15) is 21.6 Å². The zero-order chi connectivity index (χ0) is 22.0. The van der Waals surface area contributed by atoms with E-state index in [0.29, 0.717) is 38.6 Å². The summed E-state index contributed by atoms with van der Waals surface area (Å²) in [6.45, 7) is 1.47. The van der Waals surface area contributed by atoms with Crippen LogP contribution in [0.15, 0.2) is 70.2 Å². The zero-order valence-electron chi connectivity index (χ0n) is 16.4. The fraction of sp³-hybridized carbons (Fsp3) is 0.0870. The summed E-state index contributed by atoms with van der Waals surface area (Å²) in [6.07, 6.45) is 1.53. The molecule has 2 N–H and O–H groups in total. The molecule has 0 aliphatic heterocycles. The molecule has 0 bridgehead atoms. The number of carbonyl (C=O) groups excluding carboxylic acids is 1. The molecule has 156 valence electrons. The number of halogens is 2. The van der Waals surface area contributed by atoms with E-state index in [1.807, 2.05) is 0 Å². The molecule has 0 aliphatic carbocycles. The van der Waals surface area contributed by atoms with E-state index in [0.717, 1.165) is 0 Å². The second-order valence-electron chi connectivity index (χ2n) is 6.76. The Morgan fingerprint density at radius 1 is 1.23 bits per heavy atom. The number of rotatable bonds is 4. The lowest BCUT2D eigenvalue weighted by molar-refractivity contribution is 0.102. The first-order valence-electron chi connectivity index (χ1n) is 9.35. The van der Waals surface area contributed by atoms with Gasteiger partial charge in [0.2, 0.25) is 5.55 Å². The summed E-state index contributed by atoms with van der Waals surface area (Å²) in [7, 11) is 0. The van der Waals surface area contributed by atoms with Crippen molar-refractivity contribution in [2.75, 3.05) is 5.32 Å². The van der Waals surface area contributed by atoms with Crippen LogP contribution in [0.4, 0.5) is 15.8 Å². The smallest absolute Gasteiger partial charge is 0.261 e. The van der Waals surface area contributed by atoms with Crippen LogP contribution in [0.5, 0.6) is 0 Å². The van der Waals surface area contributed by atoms with Crippen molar-refractivity contribution in [2.24, 2.45) is 4.99 Å². The number of para-hydroxylation sites is 1. The predicted molar refractivity (Wildman–Crippen MR) is 116 cm³/mol. The average Bonchev–Trinajstić information content (AvgIpc) is 2.77. The Kier molecular flexibility index (Phi) is 5.79. The third-order valence-corrected chi connectivity index (χ3v) is 4.97. The topological polar surface area (TPSA) is 87.7 Å². The van der Waals surface area contributed by atoms with Crippen molar-refractivity contribution < 1.29 is 18.7 Å². The van der Waals surface area contributed by atoms with Crippen LogP contribution in [0.3, 0.4) is 0 Å². The lowest BCUT2D eigenvalue weighted by Crippen LogP contribution is -2.22. The minimum absolute atomic E-state index is 0.0173. The summed E-state index contributed by atoms with van der Waals surface area (Å²) in [5.74, 6) is -0.906. The molecule has 0 spiro atoms. The molecule has 2 heterocycles. The SMILES string of the molecule is Cc1ncc(CO)c2cc(C(=O)Nc3ccccc3Cl)c(=Nc3ccc(F)cc3)oc12. The number of aliphatic hydroxyl groups excluding tert-OH is 1. The highest BCUT2D eigenvalue weighted by molar-refractivity contribution is 6.33. The van der Waals surface area contributed by atoms with E-state index >= 15 is 0 Å². The van der Waals surface area contributed by atoms with Crippen LogP contribution < -0.4 is 10.9 Å². The van der Waals surface area contributed by atoms with Crippen LogP contribution >= 0.6 is 11.6 Å². The lowest BCUT2D eigenvalue weighted by Gasteiger charge is -2.10. The number of fused-ring (bicyclic) bond motifs is 1. The first kappa shape index (κ1) is 20.7. The molecule has 0 fully saturated rings. The fourth-order valence-electron chi connectivity index (χ4n) is 3.05. The number of amides is 1. The molecular formula is C23H17ClFN3O3. The second kappa shape index (κ2) is 8.67. The van der Waals surface area contributed by atoms with Crippen molar-refractivity contribution >= 4 is 39.9 Å².